The Labute approximate surface area is 208 Å². The van der Waals surface area contributed by atoms with Crippen LogP contribution in [-0.4, -0.2) is 35.8 Å². The minimum Gasteiger partial charge on any atom is -0.491 e. The molecule has 0 radical (unpaired) electrons. The largest absolute Gasteiger partial charge is 0.491 e. The van der Waals surface area contributed by atoms with Crippen molar-refractivity contribution in [3.8, 4) is 0 Å². The first kappa shape index (κ1) is 32.2. The van der Waals surface area contributed by atoms with Crippen molar-refractivity contribution in [3.05, 3.63) is 24.0 Å². The molecule has 0 aromatic rings. The van der Waals surface area contributed by atoms with Gasteiger partial charge in [0.15, 0.2) is 6.10 Å². The van der Waals surface area contributed by atoms with Gasteiger partial charge in [0.1, 0.15) is 12.4 Å². The molecule has 2 unspecified atom stereocenters. The Hall–Kier alpha value is -1.82. The first-order chi connectivity index (χ1) is 16.4. The maximum atomic E-state index is 11.9. The first-order valence-corrected chi connectivity index (χ1v) is 13.5. The van der Waals surface area contributed by atoms with E-state index in [1.807, 2.05) is 0 Å². The third kappa shape index (κ3) is 16.7. The Kier molecular flexibility index (Phi) is 20.5. The number of primary amides is 1. The Bertz CT molecular complexity index is 585. The summed E-state index contributed by atoms with van der Waals surface area (Å²) in [7, 11) is 0. The van der Waals surface area contributed by atoms with Gasteiger partial charge in [0, 0.05) is 6.08 Å². The summed E-state index contributed by atoms with van der Waals surface area (Å²) in [6, 6.07) is 0. The summed E-state index contributed by atoms with van der Waals surface area (Å²) < 4.78 is 11.2. The van der Waals surface area contributed by atoms with E-state index in [1.54, 1.807) is 13.8 Å². The molecule has 0 aromatic heterocycles. The van der Waals surface area contributed by atoms with E-state index in [0.29, 0.717) is 12.8 Å². The molecule has 0 heterocycles. The molecule has 34 heavy (non-hydrogen) atoms. The predicted molar refractivity (Wildman–Crippen MR) is 139 cm³/mol. The quantitative estimate of drug-likeness (QED) is 0.0751. The Morgan fingerprint density at radius 1 is 0.882 bits per heavy atom. The molecule has 0 fully saturated rings. The number of carbonyl (C=O) groups excluding carboxylic acids is 2. The number of rotatable bonds is 23. The van der Waals surface area contributed by atoms with Crippen molar-refractivity contribution < 1.29 is 24.2 Å². The highest BCUT2D eigenvalue weighted by atomic mass is 16.6. The number of carbonyl (C=O) groups is 2. The zero-order valence-corrected chi connectivity index (χ0v) is 22.1. The Balaban J connectivity index is 4.46. The van der Waals surface area contributed by atoms with Crippen LogP contribution in [0.25, 0.3) is 0 Å². The van der Waals surface area contributed by atoms with Crippen LogP contribution in [0.3, 0.4) is 0 Å². The van der Waals surface area contributed by atoms with E-state index < -0.39 is 24.1 Å². The number of aliphatic hydroxyl groups is 1. The summed E-state index contributed by atoms with van der Waals surface area (Å²) in [5.41, 5.74) is 5.82. The van der Waals surface area contributed by atoms with Gasteiger partial charge in [0.25, 0.3) is 0 Å². The number of aliphatic hydroxyl groups excluding tert-OH is 1. The number of nitrogens with two attached hydrogens (primary N) is 1. The SMILES string of the molecule is C=CC(=O)OC(CCCCCCCCCCCCCCCC)C(OCC(C)O)=C(CC)C(N)=O. The Morgan fingerprint density at radius 3 is 1.74 bits per heavy atom. The minimum absolute atomic E-state index is 0.00695. The summed E-state index contributed by atoms with van der Waals surface area (Å²) in [6.45, 7) is 9.09. The molecule has 0 saturated carbocycles. The van der Waals surface area contributed by atoms with Crippen molar-refractivity contribution in [2.24, 2.45) is 5.73 Å². The average Bonchev–Trinajstić information content (AvgIpc) is 2.80. The zero-order valence-electron chi connectivity index (χ0n) is 22.1. The highest BCUT2D eigenvalue weighted by molar-refractivity contribution is 5.92. The average molecular weight is 482 g/mol. The van der Waals surface area contributed by atoms with E-state index in [4.69, 9.17) is 15.2 Å². The van der Waals surface area contributed by atoms with Gasteiger partial charge in [-0.05, 0) is 26.2 Å². The fourth-order valence-corrected chi connectivity index (χ4v) is 4.01. The highest BCUT2D eigenvalue weighted by Gasteiger charge is 2.25. The molecule has 6 nitrogen and oxygen atoms in total. The molecular formula is C28H51NO5. The smallest absolute Gasteiger partial charge is 0.330 e. The lowest BCUT2D eigenvalue weighted by Crippen LogP contribution is -2.28. The second-order valence-corrected chi connectivity index (χ2v) is 9.24. The third-order valence-corrected chi connectivity index (χ3v) is 5.97. The second kappa shape index (κ2) is 21.7. The fourth-order valence-electron chi connectivity index (χ4n) is 4.01. The molecule has 0 aliphatic heterocycles. The molecule has 0 saturated heterocycles. The summed E-state index contributed by atoms with van der Waals surface area (Å²) in [5, 5.41) is 9.62. The van der Waals surface area contributed by atoms with Crippen LogP contribution in [0.2, 0.25) is 0 Å². The van der Waals surface area contributed by atoms with Crippen molar-refractivity contribution in [2.45, 2.75) is 136 Å². The highest BCUT2D eigenvalue weighted by Crippen LogP contribution is 2.23. The van der Waals surface area contributed by atoms with Gasteiger partial charge in [-0.25, -0.2) is 4.79 Å². The lowest BCUT2D eigenvalue weighted by atomic mass is 10.0. The molecule has 0 aliphatic rings. The number of unbranched alkanes of at least 4 members (excludes halogenated alkanes) is 13. The molecule has 2 atom stereocenters. The summed E-state index contributed by atoms with van der Waals surface area (Å²) in [5.74, 6) is -0.932. The molecule has 0 spiro atoms. The van der Waals surface area contributed by atoms with Crippen LogP contribution in [-0.2, 0) is 19.1 Å². The number of hydrogen-bond acceptors (Lipinski definition) is 5. The summed E-state index contributed by atoms with van der Waals surface area (Å²) >= 11 is 0. The van der Waals surface area contributed by atoms with Crippen molar-refractivity contribution >= 4 is 11.9 Å². The second-order valence-electron chi connectivity index (χ2n) is 9.24. The predicted octanol–water partition coefficient (Wildman–Crippen LogP) is 6.50. The van der Waals surface area contributed by atoms with Crippen LogP contribution < -0.4 is 5.73 Å². The Morgan fingerprint density at radius 2 is 1.35 bits per heavy atom. The van der Waals surface area contributed by atoms with E-state index >= 15 is 0 Å². The molecule has 0 aliphatic carbocycles. The van der Waals surface area contributed by atoms with E-state index in [-0.39, 0.29) is 17.9 Å². The summed E-state index contributed by atoms with van der Waals surface area (Å²) in [4.78, 5) is 23.8. The van der Waals surface area contributed by atoms with Crippen molar-refractivity contribution in [1.29, 1.82) is 0 Å². The summed E-state index contributed by atoms with van der Waals surface area (Å²) in [6.07, 6.45) is 18.2. The number of amides is 1. The van der Waals surface area contributed by atoms with Gasteiger partial charge in [-0.1, -0.05) is 104 Å². The first-order valence-electron chi connectivity index (χ1n) is 13.5. The van der Waals surface area contributed by atoms with Crippen LogP contribution in [0.15, 0.2) is 24.0 Å². The molecule has 3 N–H and O–H groups in total. The lowest BCUT2D eigenvalue weighted by molar-refractivity contribution is -0.144. The van der Waals surface area contributed by atoms with Crippen molar-refractivity contribution in [3.63, 3.8) is 0 Å². The zero-order chi connectivity index (χ0) is 25.6. The molecule has 198 valence electrons. The molecule has 0 aromatic carbocycles. The molecule has 0 bridgehead atoms. The third-order valence-electron chi connectivity index (χ3n) is 5.97. The number of ether oxygens (including phenoxy) is 2. The van der Waals surface area contributed by atoms with Gasteiger partial charge in [-0.2, -0.15) is 0 Å². The van der Waals surface area contributed by atoms with Crippen molar-refractivity contribution in [2.75, 3.05) is 6.61 Å². The molecule has 1 amide bonds. The van der Waals surface area contributed by atoms with Crippen LogP contribution in [0.4, 0.5) is 0 Å². The van der Waals surface area contributed by atoms with Gasteiger partial charge in [0.05, 0.1) is 11.7 Å². The van der Waals surface area contributed by atoms with Gasteiger partial charge in [-0.15, -0.1) is 0 Å². The van der Waals surface area contributed by atoms with Gasteiger partial charge < -0.3 is 20.3 Å². The topological polar surface area (TPSA) is 98.8 Å². The van der Waals surface area contributed by atoms with Crippen molar-refractivity contribution in [1.82, 2.24) is 0 Å². The maximum absolute atomic E-state index is 11.9. The minimum atomic E-state index is -0.724. The molecule has 6 heteroatoms. The van der Waals surface area contributed by atoms with E-state index in [0.717, 1.165) is 25.3 Å². The van der Waals surface area contributed by atoms with Gasteiger partial charge in [0.2, 0.25) is 5.91 Å². The van der Waals surface area contributed by atoms with E-state index in [1.165, 1.54) is 70.6 Å². The van der Waals surface area contributed by atoms with Crippen LogP contribution in [0.1, 0.15) is 124 Å². The monoisotopic (exact) mass is 481 g/mol. The van der Waals surface area contributed by atoms with Crippen LogP contribution >= 0.6 is 0 Å². The number of hydrogen-bond donors (Lipinski definition) is 2. The molecular weight excluding hydrogens is 430 g/mol. The van der Waals surface area contributed by atoms with E-state index in [9.17, 15) is 14.7 Å². The lowest BCUT2D eigenvalue weighted by Gasteiger charge is -2.24. The van der Waals surface area contributed by atoms with E-state index in [2.05, 4.69) is 13.5 Å². The normalized spacial score (nSPS) is 13.6. The molecule has 0 rings (SSSR count). The van der Waals surface area contributed by atoms with Crippen LogP contribution in [0.5, 0.6) is 0 Å². The fraction of sp³-hybridized carbons (Fsp3) is 0.786. The number of esters is 1. The maximum Gasteiger partial charge on any atom is 0.330 e. The van der Waals surface area contributed by atoms with Gasteiger partial charge >= 0.3 is 5.97 Å². The standard InChI is InChI=1S/C28H51NO5/c1-5-8-9-10-11-12-13-14-15-16-17-18-19-20-21-25(34-26(31)7-3)27(33-22-23(4)30)24(6-2)28(29)32/h7,23,25,30H,3,5-6,8-22H2,1-2,4H3,(H2,29,32). The van der Waals surface area contributed by atoms with Crippen LogP contribution in [0, 0.1) is 0 Å². The van der Waals surface area contributed by atoms with Gasteiger partial charge in [-0.3, -0.25) is 4.79 Å².